The van der Waals surface area contributed by atoms with Crippen LogP contribution < -0.4 is 5.32 Å². The van der Waals surface area contributed by atoms with Crippen molar-refractivity contribution in [2.45, 2.75) is 39.8 Å². The number of amides is 2. The summed E-state index contributed by atoms with van der Waals surface area (Å²) in [6.07, 6.45) is 4.59. The number of allylic oxidation sites excluding steroid dienone is 5. The molecule has 0 aliphatic heterocycles. The lowest BCUT2D eigenvalue weighted by Crippen LogP contribution is -2.24. The van der Waals surface area contributed by atoms with E-state index in [0.717, 1.165) is 11.1 Å². The molecule has 7 nitrogen and oxygen atoms in total. The highest BCUT2D eigenvalue weighted by Gasteiger charge is 2.43. The Bertz CT molecular complexity index is 1250. The number of anilines is 1. The highest BCUT2D eigenvalue weighted by molar-refractivity contribution is 6.03. The molecule has 2 atom stereocenters. The Balaban J connectivity index is 2.08. The number of carbonyl (C=O) groups is 3. The van der Waals surface area contributed by atoms with Crippen molar-refractivity contribution in [3.63, 3.8) is 0 Å². The molecule has 1 aliphatic carbocycles. The molecule has 0 unspecified atom stereocenters. The summed E-state index contributed by atoms with van der Waals surface area (Å²) in [7, 11) is 3.28. The lowest BCUT2D eigenvalue weighted by molar-refractivity contribution is -0.117. The van der Waals surface area contributed by atoms with E-state index in [1.165, 1.54) is 4.90 Å². The first-order valence-electron chi connectivity index (χ1n) is 11.1. The Morgan fingerprint density at radius 3 is 2.53 bits per heavy atom. The predicted octanol–water partition coefficient (Wildman–Crippen LogP) is 4.51. The van der Waals surface area contributed by atoms with Crippen LogP contribution in [0.3, 0.4) is 0 Å². The molecule has 0 saturated heterocycles. The van der Waals surface area contributed by atoms with Crippen LogP contribution in [-0.2, 0) is 9.59 Å². The quantitative estimate of drug-likeness (QED) is 0.458. The number of alkyl halides is 1. The van der Waals surface area contributed by atoms with Gasteiger partial charge in [-0.1, -0.05) is 19.6 Å². The summed E-state index contributed by atoms with van der Waals surface area (Å²) in [5.74, 6) is -1.16. The molecular formula is C26H29FN4O3. The summed E-state index contributed by atoms with van der Waals surface area (Å²) in [5, 5.41) is 3.28. The number of nitrogens with zero attached hydrogens (tertiary/aromatic N) is 3. The van der Waals surface area contributed by atoms with Crippen LogP contribution in [0, 0.1) is 5.92 Å². The molecule has 0 aromatic carbocycles. The van der Waals surface area contributed by atoms with Crippen molar-refractivity contribution in [2.75, 3.05) is 19.4 Å². The number of hydrogen-bond donors (Lipinski definition) is 1. The van der Waals surface area contributed by atoms with Gasteiger partial charge in [0.05, 0.1) is 11.4 Å². The molecule has 0 bridgehead atoms. The third kappa shape index (κ3) is 5.27. The number of nitrogens with one attached hydrogen (secondary N) is 1. The fourth-order valence-corrected chi connectivity index (χ4v) is 3.61. The average molecular weight is 465 g/mol. The zero-order chi connectivity index (χ0) is 25.2. The first kappa shape index (κ1) is 25.0. The molecule has 2 aromatic rings. The van der Waals surface area contributed by atoms with E-state index in [4.69, 9.17) is 0 Å². The maximum absolute atomic E-state index is 13.2. The number of carbonyl (C=O) groups excluding carboxylic acids is 3. The van der Waals surface area contributed by atoms with Crippen molar-refractivity contribution in [3.8, 4) is 0 Å². The molecule has 1 saturated carbocycles. The van der Waals surface area contributed by atoms with Crippen molar-refractivity contribution < 1.29 is 18.8 Å². The number of ketones is 1. The maximum atomic E-state index is 13.2. The Morgan fingerprint density at radius 2 is 1.97 bits per heavy atom. The van der Waals surface area contributed by atoms with Crippen LogP contribution >= 0.6 is 0 Å². The van der Waals surface area contributed by atoms with Gasteiger partial charge in [-0.15, -0.1) is 0 Å². The van der Waals surface area contributed by atoms with Gasteiger partial charge in [-0.3, -0.25) is 14.4 Å². The monoisotopic (exact) mass is 464 g/mol. The fourth-order valence-electron chi connectivity index (χ4n) is 3.61. The molecule has 2 aromatic heterocycles. The standard InChI is InChI=1S/C26H29FN4O3/c1-7-17(14(3)9-15(4)22(32)8-2)18-10-16-13-28-23(30-25(33)19-11-20(19)27)12-21(16)29-24(18)26(34)31(5)6/h7,9-10,12-13,19-20H,4,8,11H2,1-3,5-6H3,(H,28,30,33)/b14-9-,17-7+/t19-,20+/m0/s1. The van der Waals surface area contributed by atoms with Gasteiger partial charge in [0, 0.05) is 49.3 Å². The van der Waals surface area contributed by atoms with Crippen LogP contribution in [-0.4, -0.2) is 52.7 Å². The van der Waals surface area contributed by atoms with Crippen molar-refractivity contribution in [3.05, 3.63) is 59.5 Å². The number of halogens is 1. The minimum Gasteiger partial charge on any atom is -0.343 e. The number of hydrogen-bond acceptors (Lipinski definition) is 5. The van der Waals surface area contributed by atoms with Crippen LogP contribution in [0.4, 0.5) is 10.2 Å². The van der Waals surface area contributed by atoms with Crippen molar-refractivity contribution in [2.24, 2.45) is 5.92 Å². The van der Waals surface area contributed by atoms with Crippen molar-refractivity contribution in [1.82, 2.24) is 14.9 Å². The molecule has 178 valence electrons. The highest BCUT2D eigenvalue weighted by atomic mass is 19.1. The molecule has 0 radical (unpaired) electrons. The number of fused-ring (bicyclic) bond motifs is 1. The van der Waals surface area contributed by atoms with Crippen molar-refractivity contribution >= 4 is 39.9 Å². The molecule has 2 amide bonds. The summed E-state index contributed by atoms with van der Waals surface area (Å²) in [6.45, 7) is 9.33. The zero-order valence-electron chi connectivity index (χ0n) is 20.1. The van der Waals surface area contributed by atoms with Gasteiger partial charge >= 0.3 is 0 Å². The summed E-state index contributed by atoms with van der Waals surface area (Å²) in [4.78, 5) is 47.4. The van der Waals surface area contributed by atoms with Crippen LogP contribution in [0.25, 0.3) is 16.5 Å². The summed E-state index contributed by atoms with van der Waals surface area (Å²) >= 11 is 0. The summed E-state index contributed by atoms with van der Waals surface area (Å²) < 4.78 is 13.2. The van der Waals surface area contributed by atoms with Crippen LogP contribution in [0.15, 0.2) is 48.2 Å². The van der Waals surface area contributed by atoms with Crippen molar-refractivity contribution in [1.29, 1.82) is 0 Å². The molecule has 8 heteroatoms. The largest absolute Gasteiger partial charge is 0.343 e. The van der Waals surface area contributed by atoms with Crippen LogP contribution in [0.5, 0.6) is 0 Å². The minimum atomic E-state index is -1.11. The Labute approximate surface area is 198 Å². The molecule has 1 aliphatic rings. The first-order valence-corrected chi connectivity index (χ1v) is 11.1. The number of rotatable bonds is 8. The van der Waals surface area contributed by atoms with Gasteiger partial charge in [0.25, 0.3) is 5.91 Å². The third-order valence-corrected chi connectivity index (χ3v) is 5.68. The Hall–Kier alpha value is -3.68. The predicted molar refractivity (Wildman–Crippen MR) is 131 cm³/mol. The first-order chi connectivity index (χ1) is 16.1. The van der Waals surface area contributed by atoms with E-state index in [2.05, 4.69) is 21.9 Å². The van der Waals surface area contributed by atoms with Gasteiger partial charge in [0.2, 0.25) is 5.91 Å². The highest BCUT2D eigenvalue weighted by Crippen LogP contribution is 2.35. The molecule has 34 heavy (non-hydrogen) atoms. The molecular weight excluding hydrogens is 435 g/mol. The molecule has 1 N–H and O–H groups in total. The molecule has 3 rings (SSSR count). The summed E-state index contributed by atoms with van der Waals surface area (Å²) in [6, 6.07) is 3.38. The van der Waals surface area contributed by atoms with Crippen LogP contribution in [0.1, 0.15) is 49.7 Å². The normalized spacial score (nSPS) is 17.9. The van der Waals surface area contributed by atoms with Gasteiger partial charge in [-0.05, 0) is 43.6 Å². The van der Waals surface area contributed by atoms with Crippen LogP contribution in [0.2, 0.25) is 0 Å². The molecule has 1 fully saturated rings. The Morgan fingerprint density at radius 1 is 1.29 bits per heavy atom. The number of aromatic nitrogens is 2. The zero-order valence-corrected chi connectivity index (χ0v) is 20.1. The minimum absolute atomic E-state index is 0.0555. The van der Waals surface area contributed by atoms with Gasteiger partial charge in [-0.2, -0.15) is 0 Å². The second kappa shape index (κ2) is 10.1. The van der Waals surface area contributed by atoms with E-state index in [1.807, 2.05) is 26.0 Å². The van der Waals surface area contributed by atoms with Gasteiger partial charge in [0.1, 0.15) is 17.7 Å². The second-order valence-corrected chi connectivity index (χ2v) is 8.53. The topological polar surface area (TPSA) is 92.3 Å². The van der Waals surface area contributed by atoms with E-state index < -0.39 is 18.0 Å². The molecule has 2 heterocycles. The summed E-state index contributed by atoms with van der Waals surface area (Å²) in [5.41, 5.74) is 3.18. The van der Waals surface area contributed by atoms with E-state index in [1.54, 1.807) is 39.4 Å². The van der Waals surface area contributed by atoms with Gasteiger partial charge in [-0.25, -0.2) is 14.4 Å². The second-order valence-electron chi connectivity index (χ2n) is 8.53. The third-order valence-electron chi connectivity index (χ3n) is 5.68. The maximum Gasteiger partial charge on any atom is 0.272 e. The lowest BCUT2D eigenvalue weighted by Gasteiger charge is -2.17. The number of Topliss-reactive ketones (excluding diaryl/α,β-unsaturated/α-hetero) is 1. The van der Waals surface area contributed by atoms with E-state index in [-0.39, 0.29) is 29.6 Å². The fraction of sp³-hybridized carbons (Fsp3) is 0.346. The van der Waals surface area contributed by atoms with Gasteiger partial charge in [0.15, 0.2) is 5.78 Å². The Kier molecular flexibility index (Phi) is 7.39. The SMILES string of the molecule is C=C(/C=C(C)\C(=C/C)c1cc2cnc(NC(=O)[C@H]3C[C@H]3F)cc2nc1C(=O)N(C)C)C(=O)CC. The van der Waals surface area contributed by atoms with E-state index in [0.29, 0.717) is 28.5 Å². The smallest absolute Gasteiger partial charge is 0.272 e. The lowest BCUT2D eigenvalue weighted by atomic mass is 9.93. The van der Waals surface area contributed by atoms with Gasteiger partial charge < -0.3 is 10.2 Å². The van der Waals surface area contributed by atoms with E-state index in [9.17, 15) is 18.8 Å². The average Bonchev–Trinajstić information content (AvgIpc) is 3.54. The number of pyridine rings is 2. The van der Waals surface area contributed by atoms with E-state index >= 15 is 0 Å². The molecule has 0 spiro atoms.